The van der Waals surface area contributed by atoms with Gasteiger partial charge in [0.15, 0.2) is 17.1 Å². The number of halogens is 3. The van der Waals surface area contributed by atoms with Gasteiger partial charge in [-0.1, -0.05) is 58.7 Å². The van der Waals surface area contributed by atoms with Crippen LogP contribution in [-0.2, 0) is 18.4 Å². The number of carbonyl (C=O) groups excluding carboxylic acids is 1. The predicted molar refractivity (Wildman–Crippen MR) is 121 cm³/mol. The first-order valence-corrected chi connectivity index (χ1v) is 11.1. The average molecular weight is 486 g/mol. The molecule has 0 aliphatic heterocycles. The average Bonchev–Trinajstić information content (AvgIpc) is 3.08. The third-order valence-electron chi connectivity index (χ3n) is 4.17. The van der Waals surface area contributed by atoms with E-state index < -0.39 is 6.10 Å². The van der Waals surface area contributed by atoms with Gasteiger partial charge in [0, 0.05) is 23.6 Å². The maximum absolute atomic E-state index is 12.1. The first-order valence-electron chi connectivity index (χ1n) is 8.98. The summed E-state index contributed by atoms with van der Waals surface area (Å²) in [6.07, 6.45) is -0.394. The van der Waals surface area contributed by atoms with Crippen LogP contribution >= 0.6 is 46.6 Å². The number of amides is 1. The first-order chi connectivity index (χ1) is 14.3. The fourth-order valence-electron chi connectivity index (χ4n) is 2.60. The maximum Gasteiger partial charge on any atom is 0.230 e. The zero-order valence-corrected chi connectivity index (χ0v) is 19.3. The summed E-state index contributed by atoms with van der Waals surface area (Å²) in [6.45, 7) is 2.29. The zero-order valence-electron chi connectivity index (χ0n) is 16.2. The van der Waals surface area contributed by atoms with Gasteiger partial charge in [0.05, 0.1) is 10.8 Å². The maximum atomic E-state index is 12.1. The van der Waals surface area contributed by atoms with Crippen molar-refractivity contribution in [1.82, 2.24) is 20.1 Å². The Morgan fingerprint density at radius 1 is 1.13 bits per heavy atom. The van der Waals surface area contributed by atoms with Gasteiger partial charge in [-0.3, -0.25) is 4.79 Å². The third kappa shape index (κ3) is 6.04. The van der Waals surface area contributed by atoms with Crippen molar-refractivity contribution in [2.24, 2.45) is 7.05 Å². The molecule has 1 amide bonds. The van der Waals surface area contributed by atoms with Gasteiger partial charge >= 0.3 is 0 Å². The lowest BCUT2D eigenvalue weighted by molar-refractivity contribution is -0.118. The minimum absolute atomic E-state index is 0.100. The van der Waals surface area contributed by atoms with Crippen LogP contribution in [0.1, 0.15) is 24.4 Å². The fourth-order valence-corrected chi connectivity index (χ4v) is 3.93. The Labute approximate surface area is 193 Å². The molecule has 3 aromatic rings. The number of benzene rings is 2. The molecule has 0 aliphatic carbocycles. The Hall–Kier alpha value is -1.93. The zero-order chi connectivity index (χ0) is 21.7. The van der Waals surface area contributed by atoms with Crippen LogP contribution in [0.5, 0.6) is 5.75 Å². The fraction of sp³-hybridized carbons (Fsp3) is 0.250. The second kappa shape index (κ2) is 10.4. The molecule has 0 bridgehead atoms. The van der Waals surface area contributed by atoms with E-state index in [-0.39, 0.29) is 11.7 Å². The summed E-state index contributed by atoms with van der Waals surface area (Å²) in [5.41, 5.74) is 0.977. The molecule has 10 heteroatoms. The molecule has 2 aromatic carbocycles. The van der Waals surface area contributed by atoms with E-state index in [1.165, 1.54) is 11.8 Å². The normalized spacial score (nSPS) is 11.9. The van der Waals surface area contributed by atoms with Crippen molar-refractivity contribution in [3.05, 3.63) is 68.9 Å². The molecule has 3 rings (SSSR count). The number of carbonyl (C=O) groups is 1. The highest BCUT2D eigenvalue weighted by Crippen LogP contribution is 2.31. The lowest BCUT2D eigenvalue weighted by Crippen LogP contribution is -2.24. The van der Waals surface area contributed by atoms with Crippen LogP contribution < -0.4 is 10.1 Å². The number of ether oxygens (including phenoxy) is 1. The van der Waals surface area contributed by atoms with E-state index in [4.69, 9.17) is 39.5 Å². The number of rotatable bonds is 8. The van der Waals surface area contributed by atoms with Gasteiger partial charge in [0.1, 0.15) is 5.75 Å². The Morgan fingerprint density at radius 3 is 2.53 bits per heavy atom. The molecule has 6 nitrogen and oxygen atoms in total. The molecule has 1 atom stereocenters. The van der Waals surface area contributed by atoms with Crippen LogP contribution in [-0.4, -0.2) is 26.4 Å². The van der Waals surface area contributed by atoms with E-state index in [2.05, 4.69) is 15.5 Å². The van der Waals surface area contributed by atoms with E-state index in [1.807, 2.05) is 26.1 Å². The van der Waals surface area contributed by atoms with E-state index in [0.717, 1.165) is 5.56 Å². The van der Waals surface area contributed by atoms with E-state index in [9.17, 15) is 4.79 Å². The first kappa shape index (κ1) is 22.7. The SMILES string of the molecule is CC(Oc1ccc(Cl)cc1Cl)c1nnc(SCC(=O)NCc2ccc(Cl)cc2)n1C. The topological polar surface area (TPSA) is 69.0 Å². The molecule has 0 aliphatic rings. The second-order valence-electron chi connectivity index (χ2n) is 6.43. The summed E-state index contributed by atoms with van der Waals surface area (Å²) in [7, 11) is 1.83. The highest BCUT2D eigenvalue weighted by molar-refractivity contribution is 7.99. The van der Waals surface area contributed by atoms with Crippen molar-refractivity contribution in [3.63, 3.8) is 0 Å². The van der Waals surface area contributed by atoms with Gasteiger partial charge in [-0.05, 0) is 42.8 Å². The highest BCUT2D eigenvalue weighted by atomic mass is 35.5. The Kier molecular flexibility index (Phi) is 7.88. The molecule has 0 spiro atoms. The minimum atomic E-state index is -0.394. The monoisotopic (exact) mass is 484 g/mol. The van der Waals surface area contributed by atoms with Gasteiger partial charge in [-0.2, -0.15) is 0 Å². The number of thioether (sulfide) groups is 1. The van der Waals surface area contributed by atoms with Gasteiger partial charge in [-0.15, -0.1) is 10.2 Å². The lowest BCUT2D eigenvalue weighted by Gasteiger charge is -2.15. The molecule has 0 saturated heterocycles. The van der Waals surface area contributed by atoms with Crippen molar-refractivity contribution in [3.8, 4) is 5.75 Å². The molecule has 1 N–H and O–H groups in total. The molecule has 0 saturated carbocycles. The summed E-state index contributed by atoms with van der Waals surface area (Å²) in [5.74, 6) is 1.24. The van der Waals surface area contributed by atoms with Crippen molar-refractivity contribution < 1.29 is 9.53 Å². The van der Waals surface area contributed by atoms with Gasteiger partial charge < -0.3 is 14.6 Å². The molecule has 1 heterocycles. The van der Waals surface area contributed by atoms with Crippen LogP contribution in [0.25, 0.3) is 0 Å². The number of nitrogens with zero attached hydrogens (tertiary/aromatic N) is 3. The molecule has 0 radical (unpaired) electrons. The van der Waals surface area contributed by atoms with Crippen LogP contribution in [0, 0.1) is 0 Å². The Balaban J connectivity index is 1.54. The summed E-state index contributed by atoms with van der Waals surface area (Å²) in [4.78, 5) is 12.1. The van der Waals surface area contributed by atoms with Crippen molar-refractivity contribution >= 4 is 52.5 Å². The summed E-state index contributed by atoms with van der Waals surface area (Å²) < 4.78 is 7.69. The number of aromatic nitrogens is 3. The predicted octanol–water partition coefficient (Wildman–Crippen LogP) is 5.32. The molecular formula is C20H19Cl3N4O2S. The van der Waals surface area contributed by atoms with Crippen molar-refractivity contribution in [2.45, 2.75) is 24.7 Å². The standard InChI is InChI=1S/C20H19Cl3N4O2S/c1-12(29-17-8-7-15(22)9-16(17)23)19-25-26-20(27(19)2)30-11-18(28)24-10-13-3-5-14(21)6-4-13/h3-9,12H,10-11H2,1-2H3,(H,24,28). The Bertz CT molecular complexity index is 1030. The molecular weight excluding hydrogens is 467 g/mol. The number of hydrogen-bond acceptors (Lipinski definition) is 5. The molecule has 0 fully saturated rings. The van der Waals surface area contributed by atoms with Gasteiger partial charge in [-0.25, -0.2) is 0 Å². The lowest BCUT2D eigenvalue weighted by atomic mass is 10.2. The molecule has 1 unspecified atom stereocenters. The number of nitrogens with one attached hydrogen (secondary N) is 1. The van der Waals surface area contributed by atoms with Crippen LogP contribution in [0.2, 0.25) is 15.1 Å². The summed E-state index contributed by atoms with van der Waals surface area (Å²) >= 11 is 19.2. The Morgan fingerprint density at radius 2 is 1.83 bits per heavy atom. The van der Waals surface area contributed by atoms with Crippen LogP contribution in [0.4, 0.5) is 0 Å². The van der Waals surface area contributed by atoms with E-state index in [0.29, 0.717) is 38.3 Å². The molecule has 30 heavy (non-hydrogen) atoms. The largest absolute Gasteiger partial charge is 0.481 e. The smallest absolute Gasteiger partial charge is 0.230 e. The van der Waals surface area contributed by atoms with Crippen LogP contribution in [0.15, 0.2) is 47.6 Å². The molecule has 1 aromatic heterocycles. The number of hydrogen-bond donors (Lipinski definition) is 1. The van der Waals surface area contributed by atoms with Gasteiger partial charge in [0.25, 0.3) is 0 Å². The quantitative estimate of drug-likeness (QED) is 0.437. The van der Waals surface area contributed by atoms with Crippen LogP contribution in [0.3, 0.4) is 0 Å². The summed E-state index contributed by atoms with van der Waals surface area (Å²) in [6, 6.07) is 12.4. The molecule has 158 valence electrons. The van der Waals surface area contributed by atoms with Gasteiger partial charge in [0.2, 0.25) is 5.91 Å². The minimum Gasteiger partial charge on any atom is -0.481 e. The second-order valence-corrected chi connectivity index (χ2v) is 8.65. The highest BCUT2D eigenvalue weighted by Gasteiger charge is 2.19. The van der Waals surface area contributed by atoms with E-state index >= 15 is 0 Å². The van der Waals surface area contributed by atoms with Crippen molar-refractivity contribution in [1.29, 1.82) is 0 Å². The summed E-state index contributed by atoms with van der Waals surface area (Å²) in [5, 5.41) is 13.5. The third-order valence-corrected chi connectivity index (χ3v) is 5.97. The van der Waals surface area contributed by atoms with Crippen molar-refractivity contribution in [2.75, 3.05) is 5.75 Å². The van der Waals surface area contributed by atoms with E-state index in [1.54, 1.807) is 34.9 Å².